The Labute approximate surface area is 97.7 Å². The molecule has 4 fully saturated rings. The molecular formula is C12H12O5. The lowest BCUT2D eigenvalue weighted by molar-refractivity contribution is -0.155. The van der Waals surface area contributed by atoms with Gasteiger partial charge < -0.3 is 14.2 Å². The largest absolute Gasteiger partial charge is 0.509 e. The molecule has 5 nitrogen and oxygen atoms in total. The molecule has 2 bridgehead atoms. The average molecular weight is 236 g/mol. The first-order valence-electron chi connectivity index (χ1n) is 5.87. The summed E-state index contributed by atoms with van der Waals surface area (Å²) in [7, 11) is 0. The summed E-state index contributed by atoms with van der Waals surface area (Å²) >= 11 is 0. The van der Waals surface area contributed by atoms with Crippen LogP contribution >= 0.6 is 0 Å². The van der Waals surface area contributed by atoms with Crippen molar-refractivity contribution < 1.29 is 23.8 Å². The number of ether oxygens (including phenoxy) is 3. The molecule has 0 aromatic heterocycles. The van der Waals surface area contributed by atoms with Crippen molar-refractivity contribution in [2.24, 2.45) is 11.8 Å². The van der Waals surface area contributed by atoms with Gasteiger partial charge in [0.2, 0.25) is 0 Å². The average Bonchev–Trinajstić information content (AvgIpc) is 2.91. The van der Waals surface area contributed by atoms with E-state index in [2.05, 4.69) is 6.58 Å². The first-order chi connectivity index (χ1) is 8.09. The molecule has 17 heavy (non-hydrogen) atoms. The number of rotatable bonds is 0. The second-order valence-electron chi connectivity index (χ2n) is 5.46. The van der Waals surface area contributed by atoms with Crippen molar-refractivity contribution in [2.75, 3.05) is 0 Å². The van der Waals surface area contributed by atoms with Gasteiger partial charge >= 0.3 is 12.1 Å². The summed E-state index contributed by atoms with van der Waals surface area (Å²) < 4.78 is 15.9. The number of carbonyl (C=O) groups is 2. The van der Waals surface area contributed by atoms with Crippen LogP contribution in [0.5, 0.6) is 0 Å². The van der Waals surface area contributed by atoms with Crippen LogP contribution in [0.1, 0.15) is 19.3 Å². The Morgan fingerprint density at radius 3 is 2.71 bits per heavy atom. The molecule has 0 aromatic carbocycles. The Morgan fingerprint density at radius 2 is 2.00 bits per heavy atom. The highest BCUT2D eigenvalue weighted by Gasteiger charge is 2.69. The third kappa shape index (κ3) is 1.00. The molecule has 2 saturated heterocycles. The van der Waals surface area contributed by atoms with Crippen molar-refractivity contribution in [2.45, 2.75) is 37.1 Å². The Hall–Kier alpha value is -1.52. The van der Waals surface area contributed by atoms with Crippen molar-refractivity contribution >= 4 is 12.1 Å². The Morgan fingerprint density at radius 1 is 1.24 bits per heavy atom. The van der Waals surface area contributed by atoms with Crippen molar-refractivity contribution in [3.63, 3.8) is 0 Å². The third-order valence-corrected chi connectivity index (χ3v) is 4.59. The van der Waals surface area contributed by atoms with E-state index in [-0.39, 0.29) is 30.0 Å². The standard InChI is InChI=1S/C12H12O5/c1-5-3-12(17-10(5)13)4-6-2-7(12)9-8(6)15-11(14)16-9/h6-9H,1-4H2. The van der Waals surface area contributed by atoms with Crippen molar-refractivity contribution in [1.82, 2.24) is 0 Å². The predicted molar refractivity (Wildman–Crippen MR) is 53.9 cm³/mol. The van der Waals surface area contributed by atoms with E-state index in [4.69, 9.17) is 14.2 Å². The molecule has 2 heterocycles. The van der Waals surface area contributed by atoms with Crippen LogP contribution in [0, 0.1) is 11.8 Å². The minimum atomic E-state index is -0.588. The summed E-state index contributed by atoms with van der Waals surface area (Å²) in [6.45, 7) is 3.72. The van der Waals surface area contributed by atoms with Gasteiger partial charge in [0.15, 0.2) is 0 Å². The Kier molecular flexibility index (Phi) is 1.48. The van der Waals surface area contributed by atoms with E-state index >= 15 is 0 Å². The zero-order chi connectivity index (χ0) is 11.8. The maximum Gasteiger partial charge on any atom is 0.509 e. The SMILES string of the molecule is C=C1CC2(CC3CC2C2OC(=O)OC32)OC1=O. The van der Waals surface area contributed by atoms with E-state index < -0.39 is 11.8 Å². The third-order valence-electron chi connectivity index (χ3n) is 4.59. The normalized spacial score (nSPS) is 50.5. The fourth-order valence-corrected chi connectivity index (χ4v) is 4.01. The zero-order valence-corrected chi connectivity index (χ0v) is 9.18. The first-order valence-corrected chi connectivity index (χ1v) is 5.87. The second kappa shape index (κ2) is 2.66. The summed E-state index contributed by atoms with van der Waals surface area (Å²) in [6, 6.07) is 0. The Bertz CT molecular complexity index is 438. The van der Waals surface area contributed by atoms with Gasteiger partial charge in [-0.05, 0) is 12.8 Å². The monoisotopic (exact) mass is 236 g/mol. The first kappa shape index (κ1) is 9.50. The topological polar surface area (TPSA) is 61.8 Å². The van der Waals surface area contributed by atoms with Gasteiger partial charge in [0, 0.05) is 23.8 Å². The maximum atomic E-state index is 11.5. The predicted octanol–water partition coefficient (Wildman–Crippen LogP) is 1.17. The van der Waals surface area contributed by atoms with E-state index in [1.807, 2.05) is 0 Å². The van der Waals surface area contributed by atoms with Crippen LogP contribution in [0.25, 0.3) is 0 Å². The number of carbonyl (C=O) groups excluding carboxylic acids is 2. The van der Waals surface area contributed by atoms with Gasteiger partial charge in [-0.15, -0.1) is 0 Å². The fraction of sp³-hybridized carbons (Fsp3) is 0.667. The molecule has 4 aliphatic rings. The molecule has 2 saturated carbocycles. The van der Waals surface area contributed by atoms with Crippen LogP contribution in [0.3, 0.4) is 0 Å². The molecule has 0 amide bonds. The molecule has 5 heteroatoms. The zero-order valence-electron chi connectivity index (χ0n) is 9.18. The minimum Gasteiger partial charge on any atom is -0.455 e. The van der Waals surface area contributed by atoms with E-state index in [1.165, 1.54) is 0 Å². The van der Waals surface area contributed by atoms with Gasteiger partial charge in [-0.2, -0.15) is 0 Å². The van der Waals surface area contributed by atoms with Crippen LogP contribution in [-0.2, 0) is 19.0 Å². The maximum absolute atomic E-state index is 11.5. The van der Waals surface area contributed by atoms with E-state index in [1.54, 1.807) is 0 Å². The molecule has 0 N–H and O–H groups in total. The van der Waals surface area contributed by atoms with E-state index in [0.29, 0.717) is 12.0 Å². The molecule has 5 atom stereocenters. The van der Waals surface area contributed by atoms with Gasteiger partial charge in [-0.25, -0.2) is 9.59 Å². The summed E-state index contributed by atoms with van der Waals surface area (Å²) in [5.74, 6) is 0.0293. The lowest BCUT2D eigenvalue weighted by atomic mass is 9.78. The van der Waals surface area contributed by atoms with Gasteiger partial charge in [0.1, 0.15) is 17.8 Å². The smallest absolute Gasteiger partial charge is 0.455 e. The molecule has 4 rings (SSSR count). The summed E-state index contributed by atoms with van der Waals surface area (Å²) in [4.78, 5) is 22.6. The minimum absolute atomic E-state index is 0.0761. The van der Waals surface area contributed by atoms with Crippen LogP contribution < -0.4 is 0 Å². The summed E-state index contributed by atoms with van der Waals surface area (Å²) in [5.41, 5.74) is 0.0490. The quantitative estimate of drug-likeness (QED) is 0.466. The van der Waals surface area contributed by atoms with E-state index in [0.717, 1.165) is 12.8 Å². The number of esters is 1. The fourth-order valence-electron chi connectivity index (χ4n) is 4.01. The van der Waals surface area contributed by atoms with Gasteiger partial charge in [-0.3, -0.25) is 0 Å². The highest BCUT2D eigenvalue weighted by atomic mass is 16.8. The lowest BCUT2D eigenvalue weighted by Gasteiger charge is -2.35. The molecule has 0 aromatic rings. The van der Waals surface area contributed by atoms with Crippen LogP contribution in [0.2, 0.25) is 0 Å². The molecular weight excluding hydrogens is 224 g/mol. The van der Waals surface area contributed by atoms with Crippen LogP contribution in [0.4, 0.5) is 4.79 Å². The number of fused-ring (bicyclic) bond motifs is 6. The van der Waals surface area contributed by atoms with Crippen LogP contribution in [-0.4, -0.2) is 29.9 Å². The van der Waals surface area contributed by atoms with Crippen molar-refractivity contribution in [3.8, 4) is 0 Å². The molecule has 90 valence electrons. The highest BCUT2D eigenvalue weighted by Crippen LogP contribution is 2.60. The van der Waals surface area contributed by atoms with Crippen molar-refractivity contribution in [1.29, 1.82) is 0 Å². The molecule has 1 spiro atoms. The van der Waals surface area contributed by atoms with Gasteiger partial charge in [0.25, 0.3) is 0 Å². The molecule has 2 aliphatic heterocycles. The van der Waals surface area contributed by atoms with E-state index in [9.17, 15) is 9.59 Å². The van der Waals surface area contributed by atoms with Crippen LogP contribution in [0.15, 0.2) is 12.2 Å². The molecule has 0 radical (unpaired) electrons. The van der Waals surface area contributed by atoms with Gasteiger partial charge in [0.05, 0.1) is 0 Å². The number of hydrogen-bond acceptors (Lipinski definition) is 5. The Balaban J connectivity index is 1.69. The lowest BCUT2D eigenvalue weighted by Crippen LogP contribution is -2.46. The summed E-state index contributed by atoms with van der Waals surface area (Å²) in [6.07, 6.45) is 1.28. The number of hydrogen-bond donors (Lipinski definition) is 0. The highest BCUT2D eigenvalue weighted by molar-refractivity contribution is 5.90. The summed E-state index contributed by atoms with van der Waals surface area (Å²) in [5, 5.41) is 0. The molecule has 5 unspecified atom stereocenters. The second-order valence-corrected chi connectivity index (χ2v) is 5.46. The molecule has 2 aliphatic carbocycles. The van der Waals surface area contributed by atoms with Gasteiger partial charge in [-0.1, -0.05) is 6.58 Å². The van der Waals surface area contributed by atoms with Crippen molar-refractivity contribution in [3.05, 3.63) is 12.2 Å².